The Bertz CT molecular complexity index is 739. The molecule has 2 aromatic rings. The van der Waals surface area contributed by atoms with Crippen molar-refractivity contribution < 1.29 is 14.3 Å². The molecule has 0 fully saturated rings. The lowest BCUT2D eigenvalue weighted by Gasteiger charge is -2.09. The van der Waals surface area contributed by atoms with Gasteiger partial charge in [0.25, 0.3) is 0 Å². The van der Waals surface area contributed by atoms with Crippen molar-refractivity contribution in [2.45, 2.75) is 12.8 Å². The van der Waals surface area contributed by atoms with E-state index in [-0.39, 0.29) is 31.4 Å². The van der Waals surface area contributed by atoms with Gasteiger partial charge in [0, 0.05) is 16.6 Å². The Labute approximate surface area is 162 Å². The molecule has 0 aliphatic carbocycles. The van der Waals surface area contributed by atoms with E-state index in [0.29, 0.717) is 28.8 Å². The van der Waals surface area contributed by atoms with Crippen molar-refractivity contribution in [2.75, 3.05) is 19.7 Å². The standard InChI is InChI=1S/C19H20Cl2N2O3/c20-15-7-6-14(17(21)12-15)8-10-22-19(25)13-23-18(24)9-11-26-16-4-2-1-3-5-16/h1-7,12H,8-11,13H2,(H,22,25)(H,23,24). The zero-order valence-electron chi connectivity index (χ0n) is 14.1. The summed E-state index contributed by atoms with van der Waals surface area (Å²) in [6, 6.07) is 14.5. The monoisotopic (exact) mass is 394 g/mol. The molecule has 0 bridgehead atoms. The predicted molar refractivity (Wildman–Crippen MR) is 103 cm³/mol. The molecule has 2 N–H and O–H groups in total. The molecule has 0 aliphatic heterocycles. The van der Waals surface area contributed by atoms with Crippen LogP contribution in [0.1, 0.15) is 12.0 Å². The highest BCUT2D eigenvalue weighted by Gasteiger charge is 2.07. The third kappa shape index (κ3) is 7.33. The fourth-order valence-corrected chi connectivity index (χ4v) is 2.67. The van der Waals surface area contributed by atoms with Crippen LogP contribution in [0.5, 0.6) is 5.75 Å². The Morgan fingerprint density at radius 3 is 2.46 bits per heavy atom. The normalized spacial score (nSPS) is 10.2. The molecule has 0 heterocycles. The molecule has 0 unspecified atom stereocenters. The first-order valence-corrected chi connectivity index (χ1v) is 8.95. The average Bonchev–Trinajstić information content (AvgIpc) is 2.63. The molecule has 138 valence electrons. The number of para-hydroxylation sites is 1. The van der Waals surface area contributed by atoms with E-state index in [4.69, 9.17) is 27.9 Å². The minimum Gasteiger partial charge on any atom is -0.493 e. The number of carbonyl (C=O) groups excluding carboxylic acids is 2. The van der Waals surface area contributed by atoms with Crippen molar-refractivity contribution in [1.82, 2.24) is 10.6 Å². The topological polar surface area (TPSA) is 67.4 Å². The molecule has 2 rings (SSSR count). The highest BCUT2D eigenvalue weighted by Crippen LogP contribution is 2.20. The van der Waals surface area contributed by atoms with Crippen LogP contribution in [-0.4, -0.2) is 31.5 Å². The first-order valence-electron chi connectivity index (χ1n) is 8.20. The van der Waals surface area contributed by atoms with Crippen LogP contribution >= 0.6 is 23.2 Å². The van der Waals surface area contributed by atoms with Crippen LogP contribution in [0.15, 0.2) is 48.5 Å². The van der Waals surface area contributed by atoms with Gasteiger partial charge in [-0.05, 0) is 36.2 Å². The molecule has 0 aliphatic rings. The van der Waals surface area contributed by atoms with Crippen molar-refractivity contribution in [3.8, 4) is 5.75 Å². The fourth-order valence-electron chi connectivity index (χ4n) is 2.17. The number of amides is 2. The fraction of sp³-hybridized carbons (Fsp3) is 0.263. The van der Waals surface area contributed by atoms with Crippen LogP contribution in [0, 0.1) is 0 Å². The summed E-state index contributed by atoms with van der Waals surface area (Å²) in [7, 11) is 0. The number of carbonyl (C=O) groups is 2. The summed E-state index contributed by atoms with van der Waals surface area (Å²) in [6.07, 6.45) is 0.767. The third-order valence-corrected chi connectivity index (χ3v) is 4.11. The second-order valence-corrected chi connectivity index (χ2v) is 6.37. The summed E-state index contributed by atoms with van der Waals surface area (Å²) in [5.41, 5.74) is 0.901. The Kier molecular flexibility index (Phi) is 8.25. The van der Waals surface area contributed by atoms with Crippen molar-refractivity contribution >= 4 is 35.0 Å². The zero-order valence-corrected chi connectivity index (χ0v) is 15.6. The molecular formula is C19H20Cl2N2O3. The Morgan fingerprint density at radius 2 is 1.73 bits per heavy atom. The third-order valence-electron chi connectivity index (χ3n) is 3.52. The maximum absolute atomic E-state index is 11.8. The first-order chi connectivity index (χ1) is 12.5. The Balaban J connectivity index is 1.58. The zero-order chi connectivity index (χ0) is 18.8. The average molecular weight is 395 g/mol. The number of ether oxygens (including phenoxy) is 1. The largest absolute Gasteiger partial charge is 0.493 e. The Hall–Kier alpha value is -2.24. The summed E-state index contributed by atoms with van der Waals surface area (Å²) < 4.78 is 5.43. The number of benzene rings is 2. The molecule has 2 amide bonds. The van der Waals surface area contributed by atoms with Gasteiger partial charge in [0.2, 0.25) is 11.8 Å². The van der Waals surface area contributed by atoms with E-state index in [2.05, 4.69) is 10.6 Å². The van der Waals surface area contributed by atoms with Gasteiger partial charge in [-0.1, -0.05) is 47.5 Å². The maximum Gasteiger partial charge on any atom is 0.239 e. The summed E-state index contributed by atoms with van der Waals surface area (Å²) in [5, 5.41) is 6.43. The van der Waals surface area contributed by atoms with Crippen LogP contribution in [0.3, 0.4) is 0 Å². The quantitative estimate of drug-likeness (QED) is 0.685. The van der Waals surface area contributed by atoms with Crippen LogP contribution in [-0.2, 0) is 16.0 Å². The van der Waals surface area contributed by atoms with E-state index in [1.165, 1.54) is 0 Å². The lowest BCUT2D eigenvalue weighted by atomic mass is 10.1. The van der Waals surface area contributed by atoms with Crippen LogP contribution < -0.4 is 15.4 Å². The summed E-state index contributed by atoms with van der Waals surface area (Å²) in [4.78, 5) is 23.5. The van der Waals surface area contributed by atoms with Gasteiger partial charge in [-0.3, -0.25) is 9.59 Å². The van der Waals surface area contributed by atoms with E-state index in [1.54, 1.807) is 12.1 Å². The van der Waals surface area contributed by atoms with E-state index in [1.807, 2.05) is 36.4 Å². The van der Waals surface area contributed by atoms with Crippen LogP contribution in [0.25, 0.3) is 0 Å². The molecule has 0 spiro atoms. The van der Waals surface area contributed by atoms with Gasteiger partial charge in [0.1, 0.15) is 5.75 Å². The van der Waals surface area contributed by atoms with Crippen molar-refractivity contribution in [1.29, 1.82) is 0 Å². The van der Waals surface area contributed by atoms with E-state index >= 15 is 0 Å². The summed E-state index contributed by atoms with van der Waals surface area (Å²) >= 11 is 11.9. The molecule has 26 heavy (non-hydrogen) atoms. The Morgan fingerprint density at radius 1 is 0.962 bits per heavy atom. The second kappa shape index (κ2) is 10.7. The van der Waals surface area contributed by atoms with E-state index < -0.39 is 0 Å². The highest BCUT2D eigenvalue weighted by atomic mass is 35.5. The van der Waals surface area contributed by atoms with Gasteiger partial charge in [-0.25, -0.2) is 0 Å². The highest BCUT2D eigenvalue weighted by molar-refractivity contribution is 6.35. The molecule has 0 saturated heterocycles. The number of halogens is 2. The number of rotatable bonds is 9. The molecule has 0 aromatic heterocycles. The lowest BCUT2D eigenvalue weighted by Crippen LogP contribution is -2.38. The van der Waals surface area contributed by atoms with Gasteiger partial charge < -0.3 is 15.4 Å². The maximum atomic E-state index is 11.8. The van der Waals surface area contributed by atoms with Gasteiger partial charge in [0.05, 0.1) is 19.6 Å². The van der Waals surface area contributed by atoms with E-state index in [0.717, 1.165) is 5.56 Å². The predicted octanol–water partition coefficient (Wildman–Crippen LogP) is 3.24. The van der Waals surface area contributed by atoms with Crippen molar-refractivity contribution in [3.05, 3.63) is 64.1 Å². The van der Waals surface area contributed by atoms with Gasteiger partial charge in [0.15, 0.2) is 0 Å². The molecule has 0 atom stereocenters. The first kappa shape index (κ1) is 20.1. The minimum atomic E-state index is -0.257. The molecule has 5 nitrogen and oxygen atoms in total. The van der Waals surface area contributed by atoms with Crippen molar-refractivity contribution in [3.63, 3.8) is 0 Å². The summed E-state index contributed by atoms with van der Waals surface area (Å²) in [5.74, 6) is 0.211. The van der Waals surface area contributed by atoms with Gasteiger partial charge in [-0.2, -0.15) is 0 Å². The van der Waals surface area contributed by atoms with Crippen LogP contribution in [0.2, 0.25) is 10.0 Å². The molecular weight excluding hydrogens is 375 g/mol. The smallest absolute Gasteiger partial charge is 0.239 e. The molecule has 7 heteroatoms. The number of hydrogen-bond acceptors (Lipinski definition) is 3. The molecule has 0 radical (unpaired) electrons. The SMILES string of the molecule is O=C(CCOc1ccccc1)NCC(=O)NCCc1ccc(Cl)cc1Cl. The second-order valence-electron chi connectivity index (χ2n) is 5.52. The summed E-state index contributed by atoms with van der Waals surface area (Å²) in [6.45, 7) is 0.609. The molecule has 0 saturated carbocycles. The molecule has 2 aromatic carbocycles. The minimum absolute atomic E-state index is 0.0709. The van der Waals surface area contributed by atoms with Gasteiger partial charge in [-0.15, -0.1) is 0 Å². The van der Waals surface area contributed by atoms with Crippen LogP contribution in [0.4, 0.5) is 0 Å². The van der Waals surface area contributed by atoms with E-state index in [9.17, 15) is 9.59 Å². The van der Waals surface area contributed by atoms with Gasteiger partial charge >= 0.3 is 0 Å². The van der Waals surface area contributed by atoms with Crippen molar-refractivity contribution in [2.24, 2.45) is 0 Å². The number of nitrogens with one attached hydrogen (secondary N) is 2. The lowest BCUT2D eigenvalue weighted by molar-refractivity contribution is -0.126. The number of hydrogen-bond donors (Lipinski definition) is 2.